The van der Waals surface area contributed by atoms with Gasteiger partial charge >= 0.3 is 0 Å². The molecule has 0 amide bonds. The zero-order chi connectivity index (χ0) is 11.1. The smallest absolute Gasteiger partial charge is 0.267 e. The van der Waals surface area contributed by atoms with E-state index in [0.29, 0.717) is 5.92 Å². The summed E-state index contributed by atoms with van der Waals surface area (Å²) in [5, 5.41) is 8.71. The van der Waals surface area contributed by atoms with Crippen molar-refractivity contribution in [3.8, 4) is 0 Å². The van der Waals surface area contributed by atoms with Gasteiger partial charge in [-0.2, -0.15) is 0 Å². The third-order valence-electron chi connectivity index (χ3n) is 3.82. The number of allylic oxidation sites excluding steroid dienone is 2. The number of halogens is 2. The van der Waals surface area contributed by atoms with Gasteiger partial charge in [-0.1, -0.05) is 12.2 Å². The number of ether oxygens (including phenoxy) is 1. The second-order valence-electron chi connectivity index (χ2n) is 4.64. The van der Waals surface area contributed by atoms with Gasteiger partial charge in [-0.05, 0) is 31.6 Å². The Bertz CT molecular complexity index is 267. The fraction of sp³-hybridized carbons (Fsp3) is 0.818. The zero-order valence-corrected chi connectivity index (χ0v) is 8.70. The Labute approximate surface area is 87.9 Å². The first-order valence-corrected chi connectivity index (χ1v) is 5.29. The van der Waals surface area contributed by atoms with Crippen LogP contribution in [0, 0.1) is 17.8 Å². The molecule has 4 unspecified atom stereocenters. The first-order chi connectivity index (χ1) is 7.08. The molecule has 0 spiro atoms. The molecule has 0 saturated heterocycles. The fourth-order valence-electron chi connectivity index (χ4n) is 2.91. The van der Waals surface area contributed by atoms with Crippen molar-refractivity contribution < 1.29 is 18.6 Å². The predicted octanol–water partition coefficient (Wildman–Crippen LogP) is 2.19. The Balaban J connectivity index is 2.15. The van der Waals surface area contributed by atoms with Crippen LogP contribution in [0.5, 0.6) is 0 Å². The molecule has 2 rings (SSSR count). The van der Waals surface area contributed by atoms with Crippen molar-refractivity contribution in [2.45, 2.75) is 31.8 Å². The summed E-state index contributed by atoms with van der Waals surface area (Å²) >= 11 is 0. The summed E-state index contributed by atoms with van der Waals surface area (Å²) in [5.41, 5.74) is -1.50. The molecular weight excluding hydrogens is 202 g/mol. The Morgan fingerprint density at radius 3 is 2.60 bits per heavy atom. The highest BCUT2D eigenvalue weighted by atomic mass is 19.3. The van der Waals surface area contributed by atoms with Gasteiger partial charge in [-0.3, -0.25) is 0 Å². The topological polar surface area (TPSA) is 29.5 Å². The molecule has 15 heavy (non-hydrogen) atoms. The molecule has 0 radical (unpaired) electrons. The van der Waals surface area contributed by atoms with Crippen LogP contribution in [0.4, 0.5) is 8.78 Å². The van der Waals surface area contributed by atoms with Crippen molar-refractivity contribution >= 4 is 0 Å². The molecule has 2 bridgehead atoms. The third kappa shape index (κ3) is 1.70. The second-order valence-corrected chi connectivity index (χ2v) is 4.64. The molecule has 1 fully saturated rings. The number of aliphatic hydroxyl groups excluding tert-OH is 1. The summed E-state index contributed by atoms with van der Waals surface area (Å²) in [6.45, 7) is 0.769. The van der Waals surface area contributed by atoms with Gasteiger partial charge < -0.3 is 9.84 Å². The number of fused-ring (bicyclic) bond motifs is 2. The highest BCUT2D eigenvalue weighted by Gasteiger charge is 2.51. The molecule has 0 aromatic rings. The normalized spacial score (nSPS) is 37.5. The third-order valence-corrected chi connectivity index (χ3v) is 3.82. The summed E-state index contributed by atoms with van der Waals surface area (Å²) in [6.07, 6.45) is 3.28. The highest BCUT2D eigenvalue weighted by Crippen LogP contribution is 2.50. The van der Waals surface area contributed by atoms with E-state index < -0.39 is 18.8 Å². The zero-order valence-electron chi connectivity index (χ0n) is 8.70. The standard InChI is InChI=1S/C11H16F2O2/c1-11(10(12)13,15-6-14)9-5-7-2-3-8(9)4-7/h2-3,7-10,14H,4-6H2,1H3. The first kappa shape index (κ1) is 11.0. The summed E-state index contributed by atoms with van der Waals surface area (Å²) in [4.78, 5) is 0. The van der Waals surface area contributed by atoms with E-state index in [0.717, 1.165) is 12.8 Å². The van der Waals surface area contributed by atoms with Gasteiger partial charge in [0.1, 0.15) is 12.4 Å². The quantitative estimate of drug-likeness (QED) is 0.579. The predicted molar refractivity (Wildman–Crippen MR) is 51.4 cm³/mol. The van der Waals surface area contributed by atoms with Gasteiger partial charge in [0.15, 0.2) is 0 Å². The fourth-order valence-corrected chi connectivity index (χ4v) is 2.91. The van der Waals surface area contributed by atoms with Crippen molar-refractivity contribution in [3.05, 3.63) is 12.2 Å². The molecule has 4 heteroatoms. The molecule has 4 atom stereocenters. The van der Waals surface area contributed by atoms with E-state index in [1.54, 1.807) is 0 Å². The minimum Gasteiger partial charge on any atom is -0.371 e. The summed E-state index contributed by atoms with van der Waals surface area (Å²) in [6, 6.07) is 0. The van der Waals surface area contributed by atoms with Gasteiger partial charge in [0.2, 0.25) is 0 Å². The Morgan fingerprint density at radius 1 is 1.47 bits per heavy atom. The van der Waals surface area contributed by atoms with Crippen LogP contribution in [-0.2, 0) is 4.74 Å². The maximum absolute atomic E-state index is 13.0. The van der Waals surface area contributed by atoms with Crippen LogP contribution in [0.1, 0.15) is 19.8 Å². The van der Waals surface area contributed by atoms with Crippen LogP contribution in [0.2, 0.25) is 0 Å². The van der Waals surface area contributed by atoms with E-state index in [1.165, 1.54) is 6.92 Å². The van der Waals surface area contributed by atoms with E-state index in [2.05, 4.69) is 6.08 Å². The minimum atomic E-state index is -2.55. The van der Waals surface area contributed by atoms with Crippen LogP contribution < -0.4 is 0 Å². The lowest BCUT2D eigenvalue weighted by molar-refractivity contribution is -0.202. The number of alkyl halides is 2. The molecule has 2 aliphatic rings. The van der Waals surface area contributed by atoms with E-state index >= 15 is 0 Å². The minimum absolute atomic E-state index is 0.167. The second kappa shape index (κ2) is 3.83. The van der Waals surface area contributed by atoms with Gasteiger partial charge in [0.25, 0.3) is 6.43 Å². The van der Waals surface area contributed by atoms with Gasteiger partial charge in [-0.15, -0.1) is 0 Å². The Morgan fingerprint density at radius 2 is 2.20 bits per heavy atom. The maximum Gasteiger partial charge on any atom is 0.267 e. The monoisotopic (exact) mass is 218 g/mol. The molecule has 1 saturated carbocycles. The summed E-state index contributed by atoms with van der Waals surface area (Å²) < 4.78 is 30.9. The molecule has 86 valence electrons. The van der Waals surface area contributed by atoms with Crippen LogP contribution in [0.3, 0.4) is 0 Å². The van der Waals surface area contributed by atoms with Gasteiger partial charge in [-0.25, -0.2) is 8.78 Å². The van der Waals surface area contributed by atoms with Crippen LogP contribution in [0.25, 0.3) is 0 Å². The maximum atomic E-state index is 13.0. The first-order valence-electron chi connectivity index (χ1n) is 5.29. The lowest BCUT2D eigenvalue weighted by atomic mass is 9.79. The molecule has 0 aliphatic heterocycles. The Hall–Kier alpha value is -0.480. The van der Waals surface area contributed by atoms with Gasteiger partial charge in [0.05, 0.1) is 0 Å². The SMILES string of the molecule is CC(OCO)(C(F)F)C1CC2C=CC1C2. The van der Waals surface area contributed by atoms with Crippen molar-refractivity contribution in [1.82, 2.24) is 0 Å². The molecule has 2 aliphatic carbocycles. The van der Waals surface area contributed by atoms with Crippen molar-refractivity contribution in [2.24, 2.45) is 17.8 Å². The van der Waals surface area contributed by atoms with Crippen molar-refractivity contribution in [1.29, 1.82) is 0 Å². The molecule has 0 aromatic heterocycles. The summed E-state index contributed by atoms with van der Waals surface area (Å²) in [5.74, 6) is 0.459. The molecule has 1 N–H and O–H groups in total. The molecular formula is C11H16F2O2. The average Bonchev–Trinajstić information content (AvgIpc) is 2.78. The van der Waals surface area contributed by atoms with Crippen LogP contribution >= 0.6 is 0 Å². The van der Waals surface area contributed by atoms with Crippen molar-refractivity contribution in [2.75, 3.05) is 6.79 Å². The van der Waals surface area contributed by atoms with Gasteiger partial charge in [0, 0.05) is 5.92 Å². The van der Waals surface area contributed by atoms with Crippen LogP contribution in [-0.4, -0.2) is 23.9 Å². The average molecular weight is 218 g/mol. The number of aliphatic hydroxyl groups is 1. The molecule has 2 nitrogen and oxygen atoms in total. The lowest BCUT2D eigenvalue weighted by Crippen LogP contribution is -2.46. The molecule has 0 aromatic carbocycles. The molecule has 0 heterocycles. The number of rotatable bonds is 4. The Kier molecular flexibility index (Phi) is 2.81. The largest absolute Gasteiger partial charge is 0.371 e. The number of hydrogen-bond donors (Lipinski definition) is 1. The lowest BCUT2D eigenvalue weighted by Gasteiger charge is -2.37. The van der Waals surface area contributed by atoms with E-state index in [4.69, 9.17) is 9.84 Å². The van der Waals surface area contributed by atoms with Crippen molar-refractivity contribution in [3.63, 3.8) is 0 Å². The summed E-state index contributed by atoms with van der Waals surface area (Å²) in [7, 11) is 0. The van der Waals surface area contributed by atoms with E-state index in [-0.39, 0.29) is 11.8 Å². The van der Waals surface area contributed by atoms with E-state index in [9.17, 15) is 8.78 Å². The van der Waals surface area contributed by atoms with E-state index in [1.807, 2.05) is 6.08 Å². The highest BCUT2D eigenvalue weighted by molar-refractivity contribution is 5.14. The van der Waals surface area contributed by atoms with Crippen LogP contribution in [0.15, 0.2) is 12.2 Å². The number of hydrogen-bond acceptors (Lipinski definition) is 2.